The van der Waals surface area contributed by atoms with Gasteiger partial charge in [0, 0.05) is 42.8 Å². The van der Waals surface area contributed by atoms with Gasteiger partial charge in [-0.05, 0) is 44.9 Å². The molecular weight excluding hydrogens is 344 g/mol. The van der Waals surface area contributed by atoms with Crippen molar-refractivity contribution >= 4 is 17.4 Å². The second-order valence-corrected chi connectivity index (χ2v) is 6.83. The minimum absolute atomic E-state index is 0.197. The van der Waals surface area contributed by atoms with E-state index in [9.17, 15) is 9.59 Å². The summed E-state index contributed by atoms with van der Waals surface area (Å²) >= 11 is 0. The van der Waals surface area contributed by atoms with Gasteiger partial charge in [0.1, 0.15) is 0 Å². The fraction of sp³-hybridized carbons (Fsp3) is 0.429. The number of benzene rings is 1. The van der Waals surface area contributed by atoms with Crippen LogP contribution in [0.1, 0.15) is 44.9 Å². The summed E-state index contributed by atoms with van der Waals surface area (Å²) in [5, 5.41) is 2.95. The van der Waals surface area contributed by atoms with E-state index in [-0.39, 0.29) is 18.5 Å². The maximum atomic E-state index is 12.6. The van der Waals surface area contributed by atoms with Gasteiger partial charge >= 0.3 is 5.97 Å². The fourth-order valence-electron chi connectivity index (χ4n) is 3.52. The highest BCUT2D eigenvalue weighted by Crippen LogP contribution is 2.21. The highest BCUT2D eigenvalue weighted by Gasteiger charge is 2.22. The van der Waals surface area contributed by atoms with Crippen LogP contribution in [-0.2, 0) is 16.0 Å². The first kappa shape index (κ1) is 19.2. The molecule has 1 saturated heterocycles. The molecule has 1 atom stereocenters. The SMILES string of the molecule is CNc1ccccc1C(=O)OCC(=O)c1cc(C)n(C[C@@H]2CCCO2)c1C. The maximum Gasteiger partial charge on any atom is 0.340 e. The number of ketones is 1. The minimum atomic E-state index is -0.513. The lowest BCUT2D eigenvalue weighted by Gasteiger charge is -2.14. The van der Waals surface area contributed by atoms with Crippen molar-refractivity contribution in [3.05, 3.63) is 52.8 Å². The zero-order valence-corrected chi connectivity index (χ0v) is 16.1. The number of Topliss-reactive ketones (excluding diaryl/α,β-unsaturated/α-hetero) is 1. The number of ether oxygens (including phenoxy) is 2. The lowest BCUT2D eigenvalue weighted by Crippen LogP contribution is -2.18. The van der Waals surface area contributed by atoms with Gasteiger partial charge in [0.2, 0.25) is 5.78 Å². The van der Waals surface area contributed by atoms with Gasteiger partial charge in [-0.15, -0.1) is 0 Å². The Morgan fingerprint density at radius 3 is 2.74 bits per heavy atom. The van der Waals surface area contributed by atoms with Crippen molar-refractivity contribution in [2.75, 3.05) is 25.6 Å². The van der Waals surface area contributed by atoms with E-state index in [1.807, 2.05) is 26.0 Å². The minimum Gasteiger partial charge on any atom is -0.454 e. The predicted octanol–water partition coefficient (Wildman–Crippen LogP) is 3.37. The molecular formula is C21H26N2O4. The molecule has 0 aliphatic carbocycles. The van der Waals surface area contributed by atoms with Crippen molar-refractivity contribution in [2.45, 2.75) is 39.3 Å². The molecule has 1 aromatic carbocycles. The van der Waals surface area contributed by atoms with Crippen molar-refractivity contribution in [2.24, 2.45) is 0 Å². The van der Waals surface area contributed by atoms with Crippen LogP contribution in [0.15, 0.2) is 30.3 Å². The molecule has 6 nitrogen and oxygen atoms in total. The van der Waals surface area contributed by atoms with Crippen LogP contribution in [-0.4, -0.2) is 42.7 Å². The summed E-state index contributed by atoms with van der Waals surface area (Å²) < 4.78 is 13.1. The van der Waals surface area contributed by atoms with Crippen LogP contribution in [0, 0.1) is 13.8 Å². The molecule has 3 rings (SSSR count). The standard InChI is InChI=1S/C21H26N2O4/c1-14-11-18(15(2)23(14)12-16-7-6-10-26-16)20(24)13-27-21(25)17-8-4-5-9-19(17)22-3/h4-5,8-9,11,16,22H,6-7,10,12-13H2,1-3H3/t16-/m0/s1. The monoisotopic (exact) mass is 370 g/mol. The summed E-state index contributed by atoms with van der Waals surface area (Å²) in [5.41, 5.74) is 3.58. The second-order valence-electron chi connectivity index (χ2n) is 6.83. The number of rotatable bonds is 7. The molecule has 1 aliphatic heterocycles. The number of hydrogen-bond donors (Lipinski definition) is 1. The van der Waals surface area contributed by atoms with Crippen molar-refractivity contribution in [3.8, 4) is 0 Å². The smallest absolute Gasteiger partial charge is 0.340 e. The zero-order chi connectivity index (χ0) is 19.4. The third-order valence-electron chi connectivity index (χ3n) is 5.03. The van der Waals surface area contributed by atoms with E-state index < -0.39 is 5.97 Å². The Morgan fingerprint density at radius 2 is 2.04 bits per heavy atom. The maximum absolute atomic E-state index is 12.6. The molecule has 2 aromatic rings. The summed E-state index contributed by atoms with van der Waals surface area (Å²) in [5.74, 6) is -0.710. The Labute approximate surface area is 159 Å². The van der Waals surface area contributed by atoms with E-state index in [1.54, 1.807) is 25.2 Å². The number of nitrogens with one attached hydrogen (secondary N) is 1. The molecule has 0 amide bonds. The molecule has 2 heterocycles. The second kappa shape index (κ2) is 8.39. The predicted molar refractivity (Wildman–Crippen MR) is 103 cm³/mol. The largest absolute Gasteiger partial charge is 0.454 e. The number of para-hydroxylation sites is 1. The summed E-state index contributed by atoms with van der Waals surface area (Å²) in [4.78, 5) is 24.9. The van der Waals surface area contributed by atoms with Crippen LogP contribution in [0.4, 0.5) is 5.69 Å². The van der Waals surface area contributed by atoms with Crippen LogP contribution in [0.5, 0.6) is 0 Å². The fourth-order valence-corrected chi connectivity index (χ4v) is 3.52. The highest BCUT2D eigenvalue weighted by atomic mass is 16.5. The molecule has 1 aliphatic rings. The van der Waals surface area contributed by atoms with Crippen molar-refractivity contribution < 1.29 is 19.1 Å². The third-order valence-corrected chi connectivity index (χ3v) is 5.03. The van der Waals surface area contributed by atoms with Gasteiger partial charge in [-0.3, -0.25) is 4.79 Å². The van der Waals surface area contributed by atoms with E-state index in [1.165, 1.54) is 0 Å². The van der Waals surface area contributed by atoms with Crippen LogP contribution < -0.4 is 5.32 Å². The topological polar surface area (TPSA) is 69.6 Å². The van der Waals surface area contributed by atoms with Crippen molar-refractivity contribution in [1.82, 2.24) is 4.57 Å². The Bertz CT molecular complexity index is 835. The first-order valence-electron chi connectivity index (χ1n) is 9.26. The molecule has 0 saturated carbocycles. The van der Waals surface area contributed by atoms with Gasteiger partial charge in [0.05, 0.1) is 11.7 Å². The normalized spacial score (nSPS) is 16.3. The summed E-state index contributed by atoms with van der Waals surface area (Å²) in [6.45, 7) is 5.18. The van der Waals surface area contributed by atoms with Gasteiger partial charge in [0.25, 0.3) is 0 Å². The van der Waals surface area contributed by atoms with Gasteiger partial charge in [0.15, 0.2) is 6.61 Å². The summed E-state index contributed by atoms with van der Waals surface area (Å²) in [7, 11) is 1.74. The number of anilines is 1. The average molecular weight is 370 g/mol. The molecule has 0 radical (unpaired) electrons. The molecule has 0 bridgehead atoms. The Morgan fingerprint density at radius 1 is 1.26 bits per heavy atom. The van der Waals surface area contributed by atoms with E-state index in [4.69, 9.17) is 9.47 Å². The molecule has 1 aromatic heterocycles. The Hall–Kier alpha value is -2.60. The summed E-state index contributed by atoms with van der Waals surface area (Å²) in [6, 6.07) is 8.92. The number of aryl methyl sites for hydroxylation is 1. The molecule has 144 valence electrons. The quantitative estimate of drug-likeness (QED) is 0.598. The average Bonchev–Trinajstić information content (AvgIpc) is 3.29. The third kappa shape index (κ3) is 4.22. The zero-order valence-electron chi connectivity index (χ0n) is 16.1. The number of carbonyl (C=O) groups is 2. The van der Waals surface area contributed by atoms with Gasteiger partial charge in [-0.1, -0.05) is 12.1 Å². The number of nitrogens with zero attached hydrogens (tertiary/aromatic N) is 1. The first-order chi connectivity index (χ1) is 13.0. The number of carbonyl (C=O) groups excluding carboxylic acids is 2. The van der Waals surface area contributed by atoms with Crippen LogP contribution in [0.2, 0.25) is 0 Å². The summed E-state index contributed by atoms with van der Waals surface area (Å²) in [6.07, 6.45) is 2.33. The molecule has 1 fully saturated rings. The van der Waals surface area contributed by atoms with Crippen LogP contribution in [0.3, 0.4) is 0 Å². The van der Waals surface area contributed by atoms with Gasteiger partial charge in [-0.2, -0.15) is 0 Å². The lowest BCUT2D eigenvalue weighted by molar-refractivity contribution is 0.0475. The lowest BCUT2D eigenvalue weighted by atomic mass is 10.1. The molecule has 27 heavy (non-hydrogen) atoms. The van der Waals surface area contributed by atoms with Gasteiger partial charge < -0.3 is 19.4 Å². The number of aromatic nitrogens is 1. The van der Waals surface area contributed by atoms with Crippen LogP contribution in [0.25, 0.3) is 0 Å². The van der Waals surface area contributed by atoms with E-state index in [0.717, 1.165) is 37.4 Å². The molecule has 0 unspecified atom stereocenters. The van der Waals surface area contributed by atoms with Crippen molar-refractivity contribution in [1.29, 1.82) is 0 Å². The first-order valence-corrected chi connectivity index (χ1v) is 9.26. The van der Waals surface area contributed by atoms with Gasteiger partial charge in [-0.25, -0.2) is 4.79 Å². The number of esters is 1. The van der Waals surface area contributed by atoms with E-state index in [0.29, 0.717) is 16.8 Å². The Balaban J connectivity index is 1.66. The van der Waals surface area contributed by atoms with Crippen molar-refractivity contribution in [3.63, 3.8) is 0 Å². The van der Waals surface area contributed by atoms with E-state index >= 15 is 0 Å². The molecule has 0 spiro atoms. The van der Waals surface area contributed by atoms with E-state index in [2.05, 4.69) is 9.88 Å². The molecule has 6 heteroatoms. The Kier molecular flexibility index (Phi) is 5.96. The highest BCUT2D eigenvalue weighted by molar-refractivity contribution is 6.01. The number of hydrogen-bond acceptors (Lipinski definition) is 5. The van der Waals surface area contributed by atoms with Crippen LogP contribution >= 0.6 is 0 Å². The molecule has 1 N–H and O–H groups in total.